The van der Waals surface area contributed by atoms with Crippen LogP contribution in [-0.4, -0.2) is 47.5 Å². The fourth-order valence-corrected chi connectivity index (χ4v) is 3.76. The highest BCUT2D eigenvalue weighted by molar-refractivity contribution is 5.96. The predicted octanol–water partition coefficient (Wildman–Crippen LogP) is 3.39. The Hall–Kier alpha value is -3.12. The van der Waals surface area contributed by atoms with E-state index < -0.39 is 0 Å². The van der Waals surface area contributed by atoms with Gasteiger partial charge in [-0.1, -0.05) is 18.2 Å². The van der Waals surface area contributed by atoms with E-state index in [1.54, 1.807) is 17.9 Å². The van der Waals surface area contributed by atoms with E-state index in [9.17, 15) is 9.59 Å². The van der Waals surface area contributed by atoms with Crippen LogP contribution in [0, 0.1) is 0 Å². The van der Waals surface area contributed by atoms with E-state index >= 15 is 0 Å². The second-order valence-electron chi connectivity index (χ2n) is 6.98. The van der Waals surface area contributed by atoms with Crippen LogP contribution < -0.4 is 10.1 Å². The van der Waals surface area contributed by atoms with Crippen LogP contribution in [0.15, 0.2) is 60.8 Å². The monoisotopic (exact) mass is 377 g/mol. The van der Waals surface area contributed by atoms with E-state index in [1.165, 1.54) is 0 Å². The molecule has 1 aromatic heterocycles. The third-order valence-electron chi connectivity index (χ3n) is 5.23. The van der Waals surface area contributed by atoms with Crippen LogP contribution >= 0.6 is 0 Å². The normalized spacial score (nSPS) is 17.0. The average Bonchev–Trinajstić information content (AvgIpc) is 3.35. The molecule has 2 aromatic carbocycles. The summed E-state index contributed by atoms with van der Waals surface area (Å²) in [5.74, 6) is 0.642. The Balaban J connectivity index is 1.44. The summed E-state index contributed by atoms with van der Waals surface area (Å²) in [7, 11) is 1.61. The summed E-state index contributed by atoms with van der Waals surface area (Å²) in [4.78, 5) is 27.6. The smallest absolute Gasteiger partial charge is 0.245 e. The molecule has 0 radical (unpaired) electrons. The summed E-state index contributed by atoms with van der Waals surface area (Å²) in [6, 6.07) is 16.7. The van der Waals surface area contributed by atoms with Crippen LogP contribution in [0.25, 0.3) is 10.9 Å². The third kappa shape index (κ3) is 3.64. The average molecular weight is 377 g/mol. The fraction of sp³-hybridized carbons (Fsp3) is 0.273. The Bertz CT molecular complexity index is 994. The zero-order valence-electron chi connectivity index (χ0n) is 15.8. The highest BCUT2D eigenvalue weighted by atomic mass is 16.5. The van der Waals surface area contributed by atoms with E-state index in [0.717, 1.165) is 41.7 Å². The molecule has 0 bridgehead atoms. The van der Waals surface area contributed by atoms with E-state index in [4.69, 9.17) is 4.74 Å². The topological polar surface area (TPSA) is 63.6 Å². The second kappa shape index (κ2) is 7.86. The Morgan fingerprint density at radius 2 is 1.89 bits per heavy atom. The molecule has 0 aliphatic carbocycles. The minimum atomic E-state index is -0.298. The van der Waals surface area contributed by atoms with Crippen LogP contribution in [0.1, 0.15) is 17.6 Å². The predicted molar refractivity (Wildman–Crippen MR) is 109 cm³/mol. The van der Waals surface area contributed by atoms with Crippen LogP contribution in [0.2, 0.25) is 0 Å². The molecule has 1 fully saturated rings. The van der Waals surface area contributed by atoms with Gasteiger partial charge in [-0.05, 0) is 55.8 Å². The van der Waals surface area contributed by atoms with Gasteiger partial charge in [0.25, 0.3) is 0 Å². The molecule has 0 spiro atoms. The number of para-hydroxylation sites is 1. The lowest BCUT2D eigenvalue weighted by Gasteiger charge is -2.23. The molecule has 1 N–H and O–H groups in total. The summed E-state index contributed by atoms with van der Waals surface area (Å²) in [6.45, 7) is 0.963. The van der Waals surface area contributed by atoms with Gasteiger partial charge < -0.3 is 10.1 Å². The maximum atomic E-state index is 12.8. The largest absolute Gasteiger partial charge is 0.497 e. The number of likely N-dealkylation sites (tertiary alicyclic amines) is 1. The number of methoxy groups -OCH3 is 1. The van der Waals surface area contributed by atoms with Gasteiger partial charge in [0.2, 0.25) is 11.8 Å². The molecule has 1 saturated heterocycles. The van der Waals surface area contributed by atoms with Crippen molar-refractivity contribution >= 4 is 28.4 Å². The first-order valence-corrected chi connectivity index (χ1v) is 9.44. The lowest BCUT2D eigenvalue weighted by molar-refractivity contribution is -0.120. The van der Waals surface area contributed by atoms with Crippen molar-refractivity contribution in [2.45, 2.75) is 18.9 Å². The number of amides is 1. The summed E-state index contributed by atoms with van der Waals surface area (Å²) >= 11 is 0. The molecule has 144 valence electrons. The highest BCUT2D eigenvalue weighted by Crippen LogP contribution is 2.21. The van der Waals surface area contributed by atoms with Gasteiger partial charge in [0.05, 0.1) is 25.2 Å². The highest BCUT2D eigenvalue weighted by Gasteiger charge is 2.32. The minimum Gasteiger partial charge on any atom is -0.497 e. The van der Waals surface area contributed by atoms with Crippen molar-refractivity contribution in [2.75, 3.05) is 25.5 Å². The van der Waals surface area contributed by atoms with Crippen LogP contribution in [0.3, 0.4) is 0 Å². The Labute approximate surface area is 163 Å². The van der Waals surface area contributed by atoms with Gasteiger partial charge in [-0.2, -0.15) is 0 Å². The maximum Gasteiger partial charge on any atom is 0.245 e. The van der Waals surface area contributed by atoms with E-state index in [0.29, 0.717) is 0 Å². The maximum absolute atomic E-state index is 12.8. The Morgan fingerprint density at radius 1 is 1.11 bits per heavy atom. The molecule has 28 heavy (non-hydrogen) atoms. The quantitative estimate of drug-likeness (QED) is 0.740. The first kappa shape index (κ1) is 18.3. The van der Waals surface area contributed by atoms with Crippen molar-refractivity contribution in [1.29, 1.82) is 0 Å². The van der Waals surface area contributed by atoms with E-state index in [1.807, 2.05) is 59.5 Å². The lowest BCUT2D eigenvalue weighted by Crippen LogP contribution is -2.43. The summed E-state index contributed by atoms with van der Waals surface area (Å²) in [6.07, 6.45) is 3.46. The third-order valence-corrected chi connectivity index (χ3v) is 5.23. The van der Waals surface area contributed by atoms with Crippen molar-refractivity contribution in [1.82, 2.24) is 9.47 Å². The molecule has 2 heterocycles. The number of rotatable bonds is 5. The first-order chi connectivity index (χ1) is 13.7. The van der Waals surface area contributed by atoms with Crippen molar-refractivity contribution in [2.24, 2.45) is 0 Å². The number of benzene rings is 2. The zero-order chi connectivity index (χ0) is 19.5. The van der Waals surface area contributed by atoms with E-state index in [2.05, 4.69) is 5.32 Å². The first-order valence-electron chi connectivity index (χ1n) is 9.44. The van der Waals surface area contributed by atoms with Gasteiger partial charge in [-0.25, -0.2) is 0 Å². The molecule has 0 saturated carbocycles. The van der Waals surface area contributed by atoms with Gasteiger partial charge in [0, 0.05) is 17.3 Å². The van der Waals surface area contributed by atoms with Crippen LogP contribution in [0.5, 0.6) is 5.75 Å². The Kier molecular flexibility index (Phi) is 5.12. The number of carbonyl (C=O) groups excluding carboxylic acids is 2. The molecule has 1 aliphatic rings. The second-order valence-corrected chi connectivity index (χ2v) is 6.98. The number of hydrogen-bond donors (Lipinski definition) is 1. The standard InChI is InChI=1S/C22H23N3O3/c1-28-18-10-8-17(9-11-18)23-22(27)20-7-4-13-24(20)15-21(26)25-14-12-16-5-2-3-6-19(16)25/h2-3,5-6,8-12,14,20H,4,7,13,15H2,1H3,(H,23,27). The summed E-state index contributed by atoms with van der Waals surface area (Å²) < 4.78 is 6.81. The number of nitrogens with zero attached hydrogens (tertiary/aromatic N) is 2. The SMILES string of the molecule is COc1ccc(NC(=O)C2CCCN2CC(=O)n2ccc3ccccc32)cc1. The molecule has 1 amide bonds. The number of ether oxygens (including phenoxy) is 1. The van der Waals surface area contributed by atoms with Gasteiger partial charge in [-0.15, -0.1) is 0 Å². The van der Waals surface area contributed by atoms with Gasteiger partial charge >= 0.3 is 0 Å². The molecule has 3 aromatic rings. The van der Waals surface area contributed by atoms with Gasteiger partial charge in [-0.3, -0.25) is 19.1 Å². The molecule has 4 rings (SSSR count). The number of carbonyl (C=O) groups is 2. The Morgan fingerprint density at radius 3 is 2.68 bits per heavy atom. The van der Waals surface area contributed by atoms with Gasteiger partial charge in [0.1, 0.15) is 5.75 Å². The summed E-state index contributed by atoms with van der Waals surface area (Å²) in [5, 5.41) is 3.98. The molecule has 6 heteroatoms. The van der Waals surface area contributed by atoms with Crippen molar-refractivity contribution in [3.05, 3.63) is 60.8 Å². The van der Waals surface area contributed by atoms with Crippen LogP contribution in [0.4, 0.5) is 5.69 Å². The van der Waals surface area contributed by atoms with Crippen molar-refractivity contribution < 1.29 is 14.3 Å². The molecule has 1 unspecified atom stereocenters. The van der Waals surface area contributed by atoms with E-state index in [-0.39, 0.29) is 24.4 Å². The lowest BCUT2D eigenvalue weighted by atomic mass is 10.2. The molecular weight excluding hydrogens is 354 g/mol. The summed E-state index contributed by atoms with van der Waals surface area (Å²) in [5.41, 5.74) is 1.62. The van der Waals surface area contributed by atoms with Gasteiger partial charge in [0.15, 0.2) is 0 Å². The van der Waals surface area contributed by atoms with Crippen molar-refractivity contribution in [3.63, 3.8) is 0 Å². The van der Waals surface area contributed by atoms with Crippen molar-refractivity contribution in [3.8, 4) is 5.75 Å². The van der Waals surface area contributed by atoms with Crippen LogP contribution in [-0.2, 0) is 4.79 Å². The molecule has 1 atom stereocenters. The number of fused-ring (bicyclic) bond motifs is 1. The molecular formula is C22H23N3O3. The fourth-order valence-electron chi connectivity index (χ4n) is 3.76. The number of hydrogen-bond acceptors (Lipinski definition) is 4. The minimum absolute atomic E-state index is 0.0228. The number of aromatic nitrogens is 1. The molecule has 1 aliphatic heterocycles. The zero-order valence-corrected chi connectivity index (χ0v) is 15.8. The molecule has 6 nitrogen and oxygen atoms in total. The number of nitrogens with one attached hydrogen (secondary N) is 1. The number of anilines is 1.